The van der Waals surface area contributed by atoms with E-state index in [1.165, 1.54) is 11.1 Å². The molecule has 0 heterocycles. The van der Waals surface area contributed by atoms with Crippen LogP contribution in [0.1, 0.15) is 30.9 Å². The van der Waals surface area contributed by atoms with Crippen LogP contribution < -0.4 is 0 Å². The summed E-state index contributed by atoms with van der Waals surface area (Å²) >= 11 is 6.97. The second-order valence-corrected chi connectivity index (χ2v) is 7.08. The van der Waals surface area contributed by atoms with E-state index < -0.39 is 0 Å². The van der Waals surface area contributed by atoms with Gasteiger partial charge in [0.25, 0.3) is 0 Å². The third-order valence-corrected chi connectivity index (χ3v) is 4.92. The minimum atomic E-state index is 0.250. The standard InChI is InChI=1S/C16H14Br2O/c1-8(2)14-12-7-9(17)3-4-10(12)11-5-6-13(18)16(19)15(11)14/h3-8,14,19H,1-2H3. The average Bonchev–Trinajstić information content (AvgIpc) is 2.68. The molecule has 0 bridgehead atoms. The molecule has 2 aromatic carbocycles. The largest absolute Gasteiger partial charge is 0.506 e. The summed E-state index contributed by atoms with van der Waals surface area (Å²) in [5, 5.41) is 10.4. The zero-order valence-electron chi connectivity index (χ0n) is 10.7. The van der Waals surface area contributed by atoms with Crippen molar-refractivity contribution in [1.82, 2.24) is 0 Å². The van der Waals surface area contributed by atoms with Gasteiger partial charge in [-0.3, -0.25) is 0 Å². The fourth-order valence-electron chi connectivity index (χ4n) is 3.02. The number of phenolic OH excluding ortho intramolecular Hbond substituents is 1. The predicted molar refractivity (Wildman–Crippen MR) is 85.6 cm³/mol. The summed E-state index contributed by atoms with van der Waals surface area (Å²) in [6.07, 6.45) is 0. The van der Waals surface area contributed by atoms with Crippen LogP contribution in [0.5, 0.6) is 5.75 Å². The SMILES string of the molecule is CC(C)C1c2cc(Br)ccc2-c2ccc(Br)c(O)c21. The Bertz CT molecular complexity index is 662. The number of fused-ring (bicyclic) bond motifs is 3. The molecule has 1 unspecified atom stereocenters. The quantitative estimate of drug-likeness (QED) is 0.673. The van der Waals surface area contributed by atoms with Crippen LogP contribution in [0.4, 0.5) is 0 Å². The maximum atomic E-state index is 10.4. The van der Waals surface area contributed by atoms with Gasteiger partial charge in [-0.15, -0.1) is 0 Å². The van der Waals surface area contributed by atoms with E-state index in [-0.39, 0.29) is 5.92 Å². The molecule has 3 rings (SSSR count). The van der Waals surface area contributed by atoms with Crippen LogP contribution in [0.3, 0.4) is 0 Å². The third kappa shape index (κ3) is 1.95. The molecule has 98 valence electrons. The summed E-state index contributed by atoms with van der Waals surface area (Å²) in [6.45, 7) is 4.40. The number of benzene rings is 2. The molecule has 0 spiro atoms. The first-order valence-electron chi connectivity index (χ1n) is 6.32. The number of aromatic hydroxyl groups is 1. The maximum Gasteiger partial charge on any atom is 0.134 e. The first kappa shape index (κ1) is 13.2. The molecular formula is C16H14Br2O. The zero-order valence-corrected chi connectivity index (χ0v) is 13.9. The lowest BCUT2D eigenvalue weighted by Crippen LogP contribution is -2.05. The van der Waals surface area contributed by atoms with Gasteiger partial charge in [-0.05, 0) is 56.7 Å². The van der Waals surface area contributed by atoms with E-state index in [0.717, 1.165) is 20.1 Å². The van der Waals surface area contributed by atoms with E-state index in [0.29, 0.717) is 11.7 Å². The minimum absolute atomic E-state index is 0.250. The molecule has 1 N–H and O–H groups in total. The van der Waals surface area contributed by atoms with Crippen molar-refractivity contribution in [3.8, 4) is 16.9 Å². The smallest absolute Gasteiger partial charge is 0.134 e. The average molecular weight is 382 g/mol. The van der Waals surface area contributed by atoms with Crippen LogP contribution >= 0.6 is 31.9 Å². The number of hydrogen-bond donors (Lipinski definition) is 1. The van der Waals surface area contributed by atoms with Crippen molar-refractivity contribution in [3.05, 3.63) is 50.4 Å². The number of hydrogen-bond acceptors (Lipinski definition) is 1. The topological polar surface area (TPSA) is 20.2 Å². The molecule has 0 saturated carbocycles. The van der Waals surface area contributed by atoms with Crippen molar-refractivity contribution in [3.63, 3.8) is 0 Å². The third-order valence-electron chi connectivity index (χ3n) is 3.78. The fourth-order valence-corrected chi connectivity index (χ4v) is 3.74. The van der Waals surface area contributed by atoms with Crippen molar-refractivity contribution in [1.29, 1.82) is 0 Å². The molecule has 1 aliphatic rings. The number of rotatable bonds is 1. The summed E-state index contributed by atoms with van der Waals surface area (Å²) in [4.78, 5) is 0. The molecule has 0 aromatic heterocycles. The molecule has 0 radical (unpaired) electrons. The Morgan fingerprint density at radius 1 is 1.05 bits per heavy atom. The molecule has 1 atom stereocenters. The Morgan fingerprint density at radius 2 is 1.74 bits per heavy atom. The lowest BCUT2D eigenvalue weighted by atomic mass is 9.86. The fraction of sp³-hybridized carbons (Fsp3) is 0.250. The van der Waals surface area contributed by atoms with Crippen molar-refractivity contribution in [2.24, 2.45) is 5.92 Å². The van der Waals surface area contributed by atoms with Crippen molar-refractivity contribution in [2.75, 3.05) is 0 Å². The number of halogens is 2. The van der Waals surface area contributed by atoms with Gasteiger partial charge >= 0.3 is 0 Å². The Labute approximate surface area is 129 Å². The van der Waals surface area contributed by atoms with Gasteiger partial charge in [0.05, 0.1) is 4.47 Å². The van der Waals surface area contributed by atoms with E-state index >= 15 is 0 Å². The van der Waals surface area contributed by atoms with Crippen LogP contribution in [0, 0.1) is 5.92 Å². The first-order chi connectivity index (χ1) is 9.00. The Kier molecular flexibility index (Phi) is 3.22. The molecule has 2 aromatic rings. The summed E-state index contributed by atoms with van der Waals surface area (Å²) in [5.41, 5.74) is 4.74. The molecule has 3 heteroatoms. The highest BCUT2D eigenvalue weighted by Gasteiger charge is 2.33. The lowest BCUT2D eigenvalue weighted by molar-refractivity contribution is 0.452. The van der Waals surface area contributed by atoms with Crippen LogP contribution in [0.15, 0.2) is 39.3 Å². The van der Waals surface area contributed by atoms with Gasteiger partial charge in [0.1, 0.15) is 5.75 Å². The summed E-state index contributed by atoms with van der Waals surface area (Å²) < 4.78 is 1.85. The number of phenols is 1. The molecule has 19 heavy (non-hydrogen) atoms. The van der Waals surface area contributed by atoms with Crippen molar-refractivity contribution < 1.29 is 5.11 Å². The van der Waals surface area contributed by atoms with Gasteiger partial charge in [0.15, 0.2) is 0 Å². The Balaban J connectivity index is 2.35. The van der Waals surface area contributed by atoms with Gasteiger partial charge in [-0.2, -0.15) is 0 Å². The van der Waals surface area contributed by atoms with Crippen molar-refractivity contribution in [2.45, 2.75) is 19.8 Å². The summed E-state index contributed by atoms with van der Waals surface area (Å²) in [5.74, 6) is 1.07. The van der Waals surface area contributed by atoms with Gasteiger partial charge in [-0.25, -0.2) is 0 Å². The molecule has 0 amide bonds. The minimum Gasteiger partial charge on any atom is -0.506 e. The molecule has 0 fully saturated rings. The maximum absolute atomic E-state index is 10.4. The highest BCUT2D eigenvalue weighted by molar-refractivity contribution is 9.10. The zero-order chi connectivity index (χ0) is 13.7. The van der Waals surface area contributed by atoms with E-state index in [4.69, 9.17) is 0 Å². The lowest BCUT2D eigenvalue weighted by Gasteiger charge is -2.19. The van der Waals surface area contributed by atoms with Gasteiger partial charge in [0.2, 0.25) is 0 Å². The van der Waals surface area contributed by atoms with Crippen LogP contribution in [0.25, 0.3) is 11.1 Å². The molecule has 1 aliphatic carbocycles. The van der Waals surface area contributed by atoms with Crippen molar-refractivity contribution >= 4 is 31.9 Å². The van der Waals surface area contributed by atoms with E-state index in [2.05, 4.69) is 70.0 Å². The van der Waals surface area contributed by atoms with E-state index in [9.17, 15) is 5.11 Å². The second-order valence-electron chi connectivity index (χ2n) is 5.31. The summed E-state index contributed by atoms with van der Waals surface area (Å²) in [7, 11) is 0. The van der Waals surface area contributed by atoms with Crippen LogP contribution in [0.2, 0.25) is 0 Å². The normalized spacial score (nSPS) is 16.6. The second kappa shape index (κ2) is 4.64. The monoisotopic (exact) mass is 380 g/mol. The van der Waals surface area contributed by atoms with Crippen LogP contribution in [-0.2, 0) is 0 Å². The van der Waals surface area contributed by atoms with E-state index in [1.807, 2.05) is 6.07 Å². The van der Waals surface area contributed by atoms with Crippen LogP contribution in [-0.4, -0.2) is 5.11 Å². The predicted octanol–water partition coefficient (Wildman–Crippen LogP) is 5.69. The Hall–Kier alpha value is -0.800. The highest BCUT2D eigenvalue weighted by Crippen LogP contribution is 2.53. The van der Waals surface area contributed by atoms with Gasteiger partial charge < -0.3 is 5.11 Å². The van der Waals surface area contributed by atoms with Gasteiger partial charge in [-0.1, -0.05) is 41.9 Å². The summed E-state index contributed by atoms with van der Waals surface area (Å²) in [6, 6.07) is 10.4. The molecule has 0 aliphatic heterocycles. The van der Waals surface area contributed by atoms with E-state index in [1.54, 1.807) is 0 Å². The Morgan fingerprint density at radius 3 is 2.42 bits per heavy atom. The van der Waals surface area contributed by atoms with Gasteiger partial charge in [0, 0.05) is 16.0 Å². The molecular weight excluding hydrogens is 368 g/mol. The highest BCUT2D eigenvalue weighted by atomic mass is 79.9. The molecule has 0 saturated heterocycles. The first-order valence-corrected chi connectivity index (χ1v) is 7.90. The molecule has 1 nitrogen and oxygen atoms in total.